The lowest BCUT2D eigenvalue weighted by atomic mass is 9.87. The Kier molecular flexibility index (Phi) is 3.93. The Hall–Kier alpha value is -2.43. The van der Waals surface area contributed by atoms with Gasteiger partial charge in [-0.1, -0.05) is 45.0 Å². The minimum atomic E-state index is -1.05. The van der Waals surface area contributed by atoms with Crippen molar-refractivity contribution in [2.75, 3.05) is 0 Å². The van der Waals surface area contributed by atoms with Crippen molar-refractivity contribution < 1.29 is 9.90 Å². The molecule has 0 bridgehead atoms. The van der Waals surface area contributed by atoms with Crippen molar-refractivity contribution in [3.8, 4) is 11.4 Å². The van der Waals surface area contributed by atoms with Crippen LogP contribution < -0.4 is 5.56 Å². The molecule has 2 N–H and O–H groups in total. The molecule has 21 heavy (non-hydrogen) atoms. The van der Waals surface area contributed by atoms with Crippen LogP contribution in [0.25, 0.3) is 11.4 Å². The van der Waals surface area contributed by atoms with Gasteiger partial charge in [-0.15, -0.1) is 0 Å². The van der Waals surface area contributed by atoms with Crippen molar-refractivity contribution >= 4 is 5.97 Å². The molecule has 0 spiro atoms. The zero-order chi connectivity index (χ0) is 15.6. The van der Waals surface area contributed by atoms with Gasteiger partial charge < -0.3 is 10.1 Å². The second-order valence-corrected chi connectivity index (χ2v) is 5.98. The van der Waals surface area contributed by atoms with Gasteiger partial charge in [0.15, 0.2) is 0 Å². The van der Waals surface area contributed by atoms with Gasteiger partial charge in [0.2, 0.25) is 0 Å². The summed E-state index contributed by atoms with van der Waals surface area (Å²) in [7, 11) is 0. The van der Waals surface area contributed by atoms with Gasteiger partial charge in [0.25, 0.3) is 5.56 Å². The SMILES string of the molecule is CC(C)(C)c1ccc(-c2ncc(CC(=O)O)c(=O)[nH]2)cc1. The fraction of sp³-hybridized carbons (Fsp3) is 0.312. The molecular weight excluding hydrogens is 268 g/mol. The molecule has 0 saturated carbocycles. The first kappa shape index (κ1) is 15.0. The van der Waals surface area contributed by atoms with Crippen LogP contribution in [0.1, 0.15) is 31.9 Å². The number of aromatic amines is 1. The predicted octanol–water partition coefficient (Wildman–Crippen LogP) is 2.36. The Morgan fingerprint density at radius 3 is 2.33 bits per heavy atom. The van der Waals surface area contributed by atoms with Crippen LogP contribution in [-0.4, -0.2) is 21.0 Å². The molecule has 2 aromatic rings. The Balaban J connectivity index is 2.33. The summed E-state index contributed by atoms with van der Waals surface area (Å²) in [5.74, 6) is -0.612. The van der Waals surface area contributed by atoms with Gasteiger partial charge >= 0.3 is 5.97 Å². The van der Waals surface area contributed by atoms with E-state index in [0.717, 1.165) is 5.56 Å². The topological polar surface area (TPSA) is 83.0 Å². The van der Waals surface area contributed by atoms with Gasteiger partial charge in [0.05, 0.1) is 6.42 Å². The van der Waals surface area contributed by atoms with Crippen LogP contribution in [0.3, 0.4) is 0 Å². The summed E-state index contributed by atoms with van der Waals surface area (Å²) in [6.07, 6.45) is 0.992. The molecule has 1 heterocycles. The van der Waals surface area contributed by atoms with E-state index in [1.54, 1.807) is 0 Å². The first-order chi connectivity index (χ1) is 9.77. The van der Waals surface area contributed by atoms with Crippen LogP contribution in [0.4, 0.5) is 0 Å². The fourth-order valence-electron chi connectivity index (χ4n) is 1.98. The maximum atomic E-state index is 11.8. The number of H-pyrrole nitrogens is 1. The standard InChI is InChI=1S/C16H18N2O3/c1-16(2,3)12-6-4-10(5-7-12)14-17-9-11(8-13(19)20)15(21)18-14/h4-7,9H,8H2,1-3H3,(H,19,20)(H,17,18,21). The molecule has 0 fully saturated rings. The second-order valence-electron chi connectivity index (χ2n) is 5.98. The summed E-state index contributed by atoms with van der Waals surface area (Å²) in [5, 5.41) is 8.70. The van der Waals surface area contributed by atoms with Gasteiger partial charge in [0, 0.05) is 17.3 Å². The van der Waals surface area contributed by atoms with Gasteiger partial charge in [-0.05, 0) is 11.0 Å². The third kappa shape index (κ3) is 3.56. The van der Waals surface area contributed by atoms with E-state index in [1.165, 1.54) is 11.8 Å². The number of nitrogens with one attached hydrogen (secondary N) is 1. The first-order valence-electron chi connectivity index (χ1n) is 6.68. The van der Waals surface area contributed by atoms with Crippen LogP contribution in [0.2, 0.25) is 0 Å². The third-order valence-electron chi connectivity index (χ3n) is 3.24. The maximum absolute atomic E-state index is 11.8. The van der Waals surface area contributed by atoms with E-state index in [9.17, 15) is 9.59 Å². The van der Waals surface area contributed by atoms with E-state index in [1.807, 2.05) is 24.3 Å². The monoisotopic (exact) mass is 286 g/mol. The molecule has 1 aromatic heterocycles. The zero-order valence-electron chi connectivity index (χ0n) is 12.3. The zero-order valence-corrected chi connectivity index (χ0v) is 12.3. The quantitative estimate of drug-likeness (QED) is 0.907. The van der Waals surface area contributed by atoms with Crippen LogP contribution in [0, 0.1) is 0 Å². The van der Waals surface area contributed by atoms with Gasteiger partial charge in [-0.2, -0.15) is 0 Å². The van der Waals surface area contributed by atoms with E-state index in [0.29, 0.717) is 5.82 Å². The number of aliphatic carboxylic acids is 1. The van der Waals surface area contributed by atoms with Crippen LogP contribution in [0.5, 0.6) is 0 Å². The lowest BCUT2D eigenvalue weighted by Gasteiger charge is -2.19. The Labute approximate surface area is 122 Å². The Morgan fingerprint density at radius 2 is 1.86 bits per heavy atom. The minimum Gasteiger partial charge on any atom is -0.481 e. The van der Waals surface area contributed by atoms with E-state index in [4.69, 9.17) is 5.11 Å². The van der Waals surface area contributed by atoms with Crippen LogP contribution in [0.15, 0.2) is 35.3 Å². The second kappa shape index (κ2) is 5.52. The molecule has 2 rings (SSSR count). The molecular formula is C16H18N2O3. The molecule has 0 amide bonds. The minimum absolute atomic E-state index is 0.0602. The van der Waals surface area contributed by atoms with Crippen molar-refractivity contribution in [1.82, 2.24) is 9.97 Å². The Bertz CT molecular complexity index is 710. The van der Waals surface area contributed by atoms with Crippen molar-refractivity contribution in [2.45, 2.75) is 32.6 Å². The molecule has 0 aliphatic rings. The van der Waals surface area contributed by atoms with E-state index >= 15 is 0 Å². The van der Waals surface area contributed by atoms with E-state index in [2.05, 4.69) is 30.7 Å². The molecule has 5 heteroatoms. The lowest BCUT2D eigenvalue weighted by molar-refractivity contribution is -0.136. The highest BCUT2D eigenvalue weighted by atomic mass is 16.4. The molecule has 0 atom stereocenters. The summed E-state index contributed by atoms with van der Waals surface area (Å²) in [4.78, 5) is 29.2. The third-order valence-corrected chi connectivity index (χ3v) is 3.24. The summed E-state index contributed by atoms with van der Waals surface area (Å²) in [5.41, 5.74) is 1.78. The number of nitrogens with zero attached hydrogens (tertiary/aromatic N) is 1. The summed E-state index contributed by atoms with van der Waals surface area (Å²) < 4.78 is 0. The maximum Gasteiger partial charge on any atom is 0.308 e. The van der Waals surface area contributed by atoms with Crippen LogP contribution in [-0.2, 0) is 16.6 Å². The number of carboxylic acids is 1. The largest absolute Gasteiger partial charge is 0.481 e. The van der Waals surface area contributed by atoms with E-state index < -0.39 is 11.5 Å². The first-order valence-corrected chi connectivity index (χ1v) is 6.68. The van der Waals surface area contributed by atoms with Gasteiger partial charge in [-0.25, -0.2) is 4.98 Å². The smallest absolute Gasteiger partial charge is 0.308 e. The fourth-order valence-corrected chi connectivity index (χ4v) is 1.98. The average Bonchev–Trinajstić information content (AvgIpc) is 2.40. The number of benzene rings is 1. The summed E-state index contributed by atoms with van der Waals surface area (Å²) in [6.45, 7) is 6.38. The molecule has 0 aliphatic heterocycles. The summed E-state index contributed by atoms with van der Waals surface area (Å²) >= 11 is 0. The van der Waals surface area contributed by atoms with Crippen molar-refractivity contribution in [3.05, 3.63) is 51.9 Å². The average molecular weight is 286 g/mol. The highest BCUT2D eigenvalue weighted by Crippen LogP contribution is 2.24. The predicted molar refractivity (Wildman–Crippen MR) is 80.3 cm³/mol. The number of carboxylic acid groups (broad SMARTS) is 1. The van der Waals surface area contributed by atoms with Gasteiger partial charge in [0.1, 0.15) is 5.82 Å². The molecule has 5 nitrogen and oxygen atoms in total. The van der Waals surface area contributed by atoms with E-state index in [-0.39, 0.29) is 17.4 Å². The number of carbonyl (C=O) groups is 1. The number of hydrogen-bond donors (Lipinski definition) is 2. The molecule has 0 saturated heterocycles. The molecule has 0 unspecified atom stereocenters. The lowest BCUT2D eigenvalue weighted by Crippen LogP contribution is -2.17. The van der Waals surface area contributed by atoms with Crippen molar-refractivity contribution in [3.63, 3.8) is 0 Å². The number of aromatic nitrogens is 2. The summed E-state index contributed by atoms with van der Waals surface area (Å²) in [6, 6.07) is 7.80. The normalized spacial score (nSPS) is 11.4. The molecule has 1 aromatic carbocycles. The molecule has 0 radical (unpaired) electrons. The number of hydrogen-bond acceptors (Lipinski definition) is 3. The molecule has 0 aliphatic carbocycles. The van der Waals surface area contributed by atoms with Crippen molar-refractivity contribution in [2.24, 2.45) is 0 Å². The van der Waals surface area contributed by atoms with Crippen molar-refractivity contribution in [1.29, 1.82) is 0 Å². The highest BCUT2D eigenvalue weighted by molar-refractivity contribution is 5.70. The Morgan fingerprint density at radius 1 is 1.24 bits per heavy atom. The molecule has 110 valence electrons. The number of rotatable bonds is 3. The highest BCUT2D eigenvalue weighted by Gasteiger charge is 2.14. The van der Waals surface area contributed by atoms with Crippen LogP contribution >= 0.6 is 0 Å². The van der Waals surface area contributed by atoms with Gasteiger partial charge in [-0.3, -0.25) is 9.59 Å².